The third-order valence-electron chi connectivity index (χ3n) is 13.4. The first-order chi connectivity index (χ1) is 38.2. The van der Waals surface area contributed by atoms with Crippen LogP contribution in [0.1, 0.15) is 61.7 Å². The monoisotopic (exact) mass is 1200 g/mol. The average Bonchev–Trinajstić information content (AvgIpc) is 4.35. The van der Waals surface area contributed by atoms with Gasteiger partial charge in [-0.2, -0.15) is 9.97 Å². The average molecular weight is 1200 g/mol. The fourth-order valence-electron chi connectivity index (χ4n) is 9.46. The Morgan fingerprint density at radius 3 is 1.33 bits per heavy atom. The largest absolute Gasteiger partial charge is 0.472 e. The number of phosphoric acid groups is 3. The number of aliphatic hydroxyl groups is 2. The lowest BCUT2D eigenvalue weighted by Gasteiger charge is -2.25. The van der Waals surface area contributed by atoms with Gasteiger partial charge < -0.3 is 55.3 Å². The molecule has 4 saturated heterocycles. The minimum atomic E-state index is -5.43. The van der Waals surface area contributed by atoms with Gasteiger partial charge in [0.25, 0.3) is 22.2 Å². The van der Waals surface area contributed by atoms with Crippen LogP contribution in [0.25, 0.3) is 22.3 Å². The molecule has 4 aliphatic heterocycles. The number of phosphoric ester groups is 3. The fraction of sp³-hybridized carbons (Fsp3) is 0.550. The Bertz CT molecular complexity index is 3900. The Kier molecular flexibility index (Phi) is 16.1. The Balaban J connectivity index is 0.839. The molecule has 0 spiro atoms. The number of imidazole rings is 2. The maximum Gasteiger partial charge on any atom is 0.472 e. The van der Waals surface area contributed by atoms with E-state index in [0.717, 1.165) is 21.7 Å². The van der Waals surface area contributed by atoms with Crippen molar-refractivity contribution in [3.8, 4) is 0 Å². The van der Waals surface area contributed by atoms with E-state index in [9.17, 15) is 67.4 Å². The van der Waals surface area contributed by atoms with Crippen molar-refractivity contribution in [3.63, 3.8) is 0 Å². The molecule has 4 fully saturated rings. The first-order valence-corrected chi connectivity index (χ1v) is 28.7. The first-order valence-electron chi connectivity index (χ1n) is 24.2. The number of nitrogens with zero attached hydrogens (tertiary/aromatic N) is 8. The number of ether oxygens (including phenoxy) is 4. The highest BCUT2D eigenvalue weighted by atomic mass is 31.2. The molecule has 0 amide bonds. The number of H-pyrrole nitrogens is 4. The van der Waals surface area contributed by atoms with Crippen LogP contribution in [0, 0.1) is 13.8 Å². The number of hydrogen-bond donors (Lipinski definition) is 11. The van der Waals surface area contributed by atoms with Gasteiger partial charge in [0.05, 0.1) is 45.2 Å². The number of aliphatic hydroxyl groups excluding tert-OH is 2. The smallest absolute Gasteiger partial charge is 0.394 e. The summed E-state index contributed by atoms with van der Waals surface area (Å²) in [5.41, 5.74) is 6.67. The number of anilines is 2. The van der Waals surface area contributed by atoms with Crippen LogP contribution in [0.15, 0.2) is 53.8 Å². The van der Waals surface area contributed by atoms with Crippen molar-refractivity contribution in [2.75, 3.05) is 37.9 Å². The molecule has 0 aromatic carbocycles. The van der Waals surface area contributed by atoms with E-state index in [1.54, 1.807) is 0 Å². The third-order valence-corrected chi connectivity index (χ3v) is 16.4. The number of rotatable bonds is 20. The quantitative estimate of drug-likeness (QED) is 0.0343. The summed E-state index contributed by atoms with van der Waals surface area (Å²) in [4.78, 5) is 133. The summed E-state index contributed by atoms with van der Waals surface area (Å²) in [6.45, 7) is -0.680. The molecule has 0 bridgehead atoms. The molecule has 0 aliphatic carbocycles. The van der Waals surface area contributed by atoms with Crippen LogP contribution in [0.3, 0.4) is 0 Å². The van der Waals surface area contributed by atoms with Crippen molar-refractivity contribution in [2.45, 2.75) is 113 Å². The van der Waals surface area contributed by atoms with Gasteiger partial charge in [-0.05, 0) is 13.8 Å². The molecule has 38 nitrogen and oxygen atoms in total. The molecule has 13 N–H and O–H groups in total. The molecule has 41 heteroatoms. The van der Waals surface area contributed by atoms with E-state index in [0.29, 0.717) is 0 Å². The van der Waals surface area contributed by atoms with Gasteiger partial charge in [0, 0.05) is 49.2 Å². The van der Waals surface area contributed by atoms with Gasteiger partial charge >= 0.3 is 34.8 Å². The van der Waals surface area contributed by atoms with Crippen molar-refractivity contribution in [2.24, 2.45) is 0 Å². The number of aromatic nitrogens is 12. The van der Waals surface area contributed by atoms with Gasteiger partial charge in [-0.15, -0.1) is 0 Å². The van der Waals surface area contributed by atoms with Crippen molar-refractivity contribution < 1.29 is 84.7 Å². The van der Waals surface area contributed by atoms with Gasteiger partial charge in [0.2, 0.25) is 11.9 Å². The number of nitrogen functional groups attached to an aromatic ring is 2. The van der Waals surface area contributed by atoms with Crippen LogP contribution in [0.5, 0.6) is 0 Å². The highest BCUT2D eigenvalue weighted by Crippen LogP contribution is 2.54. The van der Waals surface area contributed by atoms with Crippen LogP contribution in [0.4, 0.5) is 11.9 Å². The van der Waals surface area contributed by atoms with E-state index in [4.69, 9.17) is 57.6 Å². The van der Waals surface area contributed by atoms with E-state index in [2.05, 4.69) is 39.9 Å². The predicted octanol–water partition coefficient (Wildman–Crippen LogP) is -2.86. The number of nitrogens with two attached hydrogens (primary N) is 2. The fourth-order valence-corrected chi connectivity index (χ4v) is 12.3. The molecular formula is C40H51N14O24P3. The Morgan fingerprint density at radius 1 is 0.556 bits per heavy atom. The van der Waals surface area contributed by atoms with Crippen molar-refractivity contribution >= 4 is 57.7 Å². The summed E-state index contributed by atoms with van der Waals surface area (Å²) in [6.07, 6.45) is -13.3. The lowest BCUT2D eigenvalue weighted by molar-refractivity contribution is -0.0632. The molecule has 10 heterocycles. The van der Waals surface area contributed by atoms with Crippen molar-refractivity contribution in [1.29, 1.82) is 0 Å². The predicted molar refractivity (Wildman–Crippen MR) is 266 cm³/mol. The summed E-state index contributed by atoms with van der Waals surface area (Å²) in [6, 6.07) is 0. The molecule has 3 unspecified atom stereocenters. The van der Waals surface area contributed by atoms with E-state index < -0.39 is 170 Å². The summed E-state index contributed by atoms with van der Waals surface area (Å²) < 4.78 is 102. The lowest BCUT2D eigenvalue weighted by Crippen LogP contribution is -2.33. The molecule has 4 aliphatic rings. The summed E-state index contributed by atoms with van der Waals surface area (Å²) in [5, 5.41) is 20.9. The summed E-state index contributed by atoms with van der Waals surface area (Å²) >= 11 is 0. The molecular weight excluding hydrogens is 1150 g/mol. The van der Waals surface area contributed by atoms with Gasteiger partial charge in [-0.3, -0.25) is 84.5 Å². The molecule has 10 rings (SSSR count). The van der Waals surface area contributed by atoms with Crippen LogP contribution in [-0.4, -0.2) is 158 Å². The molecule has 81 heavy (non-hydrogen) atoms. The van der Waals surface area contributed by atoms with E-state index >= 15 is 0 Å². The molecule has 440 valence electrons. The second kappa shape index (κ2) is 22.5. The van der Waals surface area contributed by atoms with Crippen LogP contribution >= 0.6 is 23.5 Å². The minimum absolute atomic E-state index is 0.00334. The normalized spacial score (nSPS) is 29.1. The van der Waals surface area contributed by atoms with Crippen LogP contribution < -0.4 is 45.1 Å². The molecule has 6 aromatic rings. The zero-order valence-electron chi connectivity index (χ0n) is 42.0. The molecule has 0 radical (unpaired) electrons. The second-order valence-corrected chi connectivity index (χ2v) is 23.2. The third kappa shape index (κ3) is 12.4. The Labute approximate surface area is 449 Å². The number of aromatic amines is 4. The number of nitrogens with one attached hydrogen (secondary N) is 4. The molecule has 15 atom stereocenters. The maximum atomic E-state index is 14.0. The number of fused-ring (bicyclic) bond motifs is 2. The second-order valence-electron chi connectivity index (χ2n) is 18.9. The van der Waals surface area contributed by atoms with Gasteiger partial charge in [0.15, 0.2) is 22.3 Å². The minimum Gasteiger partial charge on any atom is -0.394 e. The van der Waals surface area contributed by atoms with E-state index in [1.807, 2.05) is 0 Å². The highest BCUT2D eigenvalue weighted by molar-refractivity contribution is 7.48. The summed E-state index contributed by atoms with van der Waals surface area (Å²) in [5.74, 6) is -0.564. The SMILES string of the molecule is Cc1cn([C@H]2C[C@H](OP(=O)(O)OC[C@H]3O[C@@H](n4cc(C)c(=O)[nH]c4=O)C[C@@H]3O)[C@@H](COP(=O)(O)O[C@H]3C[C@H](n4cnc5c(=O)[nH]c(N)nc54)O[C@@H]3COP(=O)(O)O[C@H]3C[C@H](n4cnc5c(=O)[nH]c(N)nc54)O[C@@H]3CO)O2)c(=O)[nH]c1=O. The van der Waals surface area contributed by atoms with Crippen molar-refractivity contribution in [1.82, 2.24) is 58.1 Å². The van der Waals surface area contributed by atoms with Gasteiger partial charge in [0.1, 0.15) is 67.6 Å². The number of aryl methyl sites for hydroxylation is 2. The van der Waals surface area contributed by atoms with Gasteiger partial charge in [-0.1, -0.05) is 0 Å². The lowest BCUT2D eigenvalue weighted by atomic mass is 10.2. The Hall–Kier alpha value is -6.25. The highest BCUT2D eigenvalue weighted by Gasteiger charge is 2.48. The molecule has 6 aromatic heterocycles. The first kappa shape index (κ1) is 58.0. The van der Waals surface area contributed by atoms with E-state index in [1.165, 1.54) is 35.5 Å². The maximum absolute atomic E-state index is 14.0. The van der Waals surface area contributed by atoms with Crippen molar-refractivity contribution in [3.05, 3.63) is 98.6 Å². The standard InChI is InChI=1S/C40H51N14O24P3/c1-15-7-51(39(61)49-33(15)57)25-3-17(56)22(73-25)10-69-79(63,64)77-19-5-26(52-8-16(2)34(58)50-40(52)62)74-23(19)11-71-81(67,68)78-20-6-28(54-14-44-30-32(54)46-38(42)48-36(30)60)75-24(20)12-70-80(65,66)76-18-4-27(72-21(18)9-55)53-13-43-29-31(53)45-37(41)47-35(29)59/h7-8,13-14,17-28,55-56H,3-6,9-12H2,1-2H3,(H,63,64)(H,65,66)(H,67,68)(H,49,57,61)(H,50,58,62)(H3,41,45,47,59)(H3,42,46,48,60)/t17-,18-,19-,20-,21+,22+,23+,24+,25+,26+,27+,28+/m0/s1. The number of hydrogen-bond acceptors (Lipinski definition) is 27. The van der Waals surface area contributed by atoms with Crippen LogP contribution in [0.2, 0.25) is 0 Å². The van der Waals surface area contributed by atoms with Gasteiger partial charge in [-0.25, -0.2) is 33.3 Å². The van der Waals surface area contributed by atoms with E-state index in [-0.39, 0.29) is 58.2 Å². The van der Waals surface area contributed by atoms with Crippen LogP contribution in [-0.2, 0) is 59.8 Å². The topological polar surface area (TPSA) is 534 Å². The summed E-state index contributed by atoms with van der Waals surface area (Å²) in [7, 11) is -15.9. The zero-order valence-corrected chi connectivity index (χ0v) is 44.6. The molecule has 0 saturated carbocycles. The zero-order chi connectivity index (χ0) is 58.0. The Morgan fingerprint density at radius 2 is 0.914 bits per heavy atom.